The summed E-state index contributed by atoms with van der Waals surface area (Å²) in [5, 5.41) is 3.29. The minimum atomic E-state index is -2.87. The Kier molecular flexibility index (Phi) is 6.40. The highest BCUT2D eigenvalue weighted by Gasteiger charge is 2.20. The molecular formula is C16H25F2NO2. The zero-order valence-electron chi connectivity index (χ0n) is 13.4. The predicted molar refractivity (Wildman–Crippen MR) is 80.0 cm³/mol. The summed E-state index contributed by atoms with van der Waals surface area (Å²) in [5.74, 6) is 0.881. The summed E-state index contributed by atoms with van der Waals surface area (Å²) in [6.45, 7) is 7.08. The van der Waals surface area contributed by atoms with Gasteiger partial charge in [0.25, 0.3) is 0 Å². The first kappa shape index (κ1) is 17.7. The van der Waals surface area contributed by atoms with Gasteiger partial charge in [-0.05, 0) is 23.9 Å². The molecule has 0 aliphatic heterocycles. The maximum Gasteiger partial charge on any atom is 0.387 e. The van der Waals surface area contributed by atoms with Gasteiger partial charge >= 0.3 is 6.61 Å². The Morgan fingerprint density at radius 2 is 1.90 bits per heavy atom. The number of nitrogens with one attached hydrogen (secondary N) is 1. The van der Waals surface area contributed by atoms with E-state index in [1.165, 1.54) is 7.11 Å². The number of halogens is 2. The van der Waals surface area contributed by atoms with Crippen LogP contribution in [0.1, 0.15) is 33.3 Å². The lowest BCUT2D eigenvalue weighted by atomic mass is 9.82. The highest BCUT2D eigenvalue weighted by atomic mass is 19.3. The lowest BCUT2D eigenvalue weighted by Gasteiger charge is -2.27. The topological polar surface area (TPSA) is 30.5 Å². The number of alkyl halides is 2. The van der Waals surface area contributed by atoms with Crippen LogP contribution < -0.4 is 14.8 Å². The van der Waals surface area contributed by atoms with Gasteiger partial charge in [-0.1, -0.05) is 39.8 Å². The fraction of sp³-hybridized carbons (Fsp3) is 0.625. The molecule has 1 aromatic carbocycles. The highest BCUT2D eigenvalue weighted by molar-refractivity contribution is 5.46. The zero-order valence-corrected chi connectivity index (χ0v) is 13.4. The molecular weight excluding hydrogens is 276 g/mol. The number of methoxy groups -OCH3 is 1. The smallest absolute Gasteiger partial charge is 0.387 e. The van der Waals surface area contributed by atoms with Gasteiger partial charge in [0, 0.05) is 12.1 Å². The third-order valence-electron chi connectivity index (χ3n) is 3.73. The monoisotopic (exact) mass is 301 g/mol. The van der Waals surface area contributed by atoms with E-state index in [0.717, 1.165) is 6.54 Å². The maximum absolute atomic E-state index is 12.5. The molecule has 1 aromatic rings. The van der Waals surface area contributed by atoms with E-state index in [4.69, 9.17) is 4.74 Å². The van der Waals surface area contributed by atoms with E-state index >= 15 is 0 Å². The summed E-state index contributed by atoms with van der Waals surface area (Å²) in [4.78, 5) is 0. The summed E-state index contributed by atoms with van der Waals surface area (Å²) in [6, 6.07) is 5.13. The SMILES string of the molecule is COc1cccc(CNCC(C)C(C)(C)C)c1OC(F)F. The molecule has 0 amide bonds. The van der Waals surface area contributed by atoms with Crippen molar-refractivity contribution in [3.63, 3.8) is 0 Å². The van der Waals surface area contributed by atoms with E-state index in [2.05, 4.69) is 37.7 Å². The highest BCUT2D eigenvalue weighted by Crippen LogP contribution is 2.32. The minimum Gasteiger partial charge on any atom is -0.493 e. The second-order valence-electron chi connectivity index (χ2n) is 6.22. The first-order chi connectivity index (χ1) is 9.75. The summed E-state index contributed by atoms with van der Waals surface area (Å²) in [6.07, 6.45) is 0. The molecule has 120 valence electrons. The van der Waals surface area contributed by atoms with Gasteiger partial charge < -0.3 is 14.8 Å². The number of benzene rings is 1. The summed E-state index contributed by atoms with van der Waals surface area (Å²) in [7, 11) is 1.44. The number of hydrogen-bond donors (Lipinski definition) is 1. The quantitative estimate of drug-likeness (QED) is 0.823. The van der Waals surface area contributed by atoms with Gasteiger partial charge in [-0.25, -0.2) is 0 Å². The van der Waals surface area contributed by atoms with Gasteiger partial charge in [0.05, 0.1) is 7.11 Å². The molecule has 0 aromatic heterocycles. The van der Waals surface area contributed by atoms with Crippen LogP contribution in [0.5, 0.6) is 11.5 Å². The van der Waals surface area contributed by atoms with Crippen LogP contribution in [0.15, 0.2) is 18.2 Å². The van der Waals surface area contributed by atoms with Crippen LogP contribution in [-0.2, 0) is 6.54 Å². The molecule has 1 N–H and O–H groups in total. The molecule has 0 saturated heterocycles. The molecule has 0 heterocycles. The van der Waals surface area contributed by atoms with E-state index in [9.17, 15) is 8.78 Å². The standard InChI is InChI=1S/C16H25F2NO2/c1-11(16(2,3)4)9-19-10-12-7-6-8-13(20-5)14(12)21-15(17)18/h6-8,11,15,19H,9-10H2,1-5H3. The van der Waals surface area contributed by atoms with Crippen LogP contribution in [0.4, 0.5) is 8.78 Å². The Balaban J connectivity index is 2.74. The molecule has 3 nitrogen and oxygen atoms in total. The molecule has 0 aliphatic rings. The van der Waals surface area contributed by atoms with E-state index < -0.39 is 6.61 Å². The number of hydrogen-bond acceptors (Lipinski definition) is 3. The van der Waals surface area contributed by atoms with E-state index in [1.807, 2.05) is 0 Å². The lowest BCUT2D eigenvalue weighted by molar-refractivity contribution is -0.0518. The molecule has 21 heavy (non-hydrogen) atoms. The van der Waals surface area contributed by atoms with Crippen LogP contribution in [0.2, 0.25) is 0 Å². The van der Waals surface area contributed by atoms with Gasteiger partial charge in [0.2, 0.25) is 0 Å². The Bertz CT molecular complexity index is 444. The van der Waals surface area contributed by atoms with Crippen molar-refractivity contribution in [2.45, 2.75) is 40.9 Å². The average Bonchev–Trinajstić information content (AvgIpc) is 2.38. The maximum atomic E-state index is 12.5. The first-order valence-corrected chi connectivity index (χ1v) is 7.07. The molecule has 0 radical (unpaired) electrons. The molecule has 0 fully saturated rings. The number of rotatable bonds is 7. The van der Waals surface area contributed by atoms with Crippen LogP contribution >= 0.6 is 0 Å². The Morgan fingerprint density at radius 1 is 1.24 bits per heavy atom. The second-order valence-corrected chi connectivity index (χ2v) is 6.22. The minimum absolute atomic E-state index is 0.103. The fourth-order valence-electron chi connectivity index (χ4n) is 1.81. The second kappa shape index (κ2) is 7.59. The van der Waals surface area contributed by atoms with Gasteiger partial charge in [-0.2, -0.15) is 8.78 Å². The van der Waals surface area contributed by atoms with Crippen molar-refractivity contribution in [1.82, 2.24) is 5.32 Å². The van der Waals surface area contributed by atoms with Crippen molar-refractivity contribution in [1.29, 1.82) is 0 Å². The van der Waals surface area contributed by atoms with Gasteiger partial charge in [-0.3, -0.25) is 0 Å². The average molecular weight is 301 g/mol. The molecule has 1 rings (SSSR count). The normalized spacial score (nSPS) is 13.3. The molecule has 0 spiro atoms. The number of para-hydroxylation sites is 1. The van der Waals surface area contributed by atoms with E-state index in [-0.39, 0.29) is 11.2 Å². The summed E-state index contributed by atoms with van der Waals surface area (Å²) >= 11 is 0. The predicted octanol–water partition coefficient (Wildman–Crippen LogP) is 4.07. The van der Waals surface area contributed by atoms with Crippen molar-refractivity contribution >= 4 is 0 Å². The molecule has 1 unspecified atom stereocenters. The molecule has 5 heteroatoms. The third kappa shape index (κ3) is 5.50. The van der Waals surface area contributed by atoms with Crippen molar-refractivity contribution in [2.24, 2.45) is 11.3 Å². The Morgan fingerprint density at radius 3 is 2.43 bits per heavy atom. The third-order valence-corrected chi connectivity index (χ3v) is 3.73. The van der Waals surface area contributed by atoms with Crippen molar-refractivity contribution in [3.05, 3.63) is 23.8 Å². The number of ether oxygens (including phenoxy) is 2. The van der Waals surface area contributed by atoms with Crippen LogP contribution in [0, 0.1) is 11.3 Å². The van der Waals surface area contributed by atoms with Crippen LogP contribution in [-0.4, -0.2) is 20.3 Å². The first-order valence-electron chi connectivity index (χ1n) is 7.07. The molecule has 0 aliphatic carbocycles. The van der Waals surface area contributed by atoms with Crippen molar-refractivity contribution in [2.75, 3.05) is 13.7 Å². The van der Waals surface area contributed by atoms with E-state index in [0.29, 0.717) is 23.8 Å². The Labute approximate surface area is 125 Å². The zero-order chi connectivity index (χ0) is 16.0. The summed E-state index contributed by atoms with van der Waals surface area (Å²) in [5.41, 5.74) is 0.861. The summed E-state index contributed by atoms with van der Waals surface area (Å²) < 4.78 is 34.7. The molecule has 0 bridgehead atoms. The largest absolute Gasteiger partial charge is 0.493 e. The van der Waals surface area contributed by atoms with Crippen LogP contribution in [0.3, 0.4) is 0 Å². The lowest BCUT2D eigenvalue weighted by Crippen LogP contribution is -2.29. The van der Waals surface area contributed by atoms with Gasteiger partial charge in [0.15, 0.2) is 11.5 Å². The van der Waals surface area contributed by atoms with E-state index in [1.54, 1.807) is 18.2 Å². The fourth-order valence-corrected chi connectivity index (χ4v) is 1.81. The van der Waals surface area contributed by atoms with Gasteiger partial charge in [-0.15, -0.1) is 0 Å². The van der Waals surface area contributed by atoms with Crippen molar-refractivity contribution < 1.29 is 18.3 Å². The van der Waals surface area contributed by atoms with Crippen molar-refractivity contribution in [3.8, 4) is 11.5 Å². The van der Waals surface area contributed by atoms with Crippen LogP contribution in [0.25, 0.3) is 0 Å². The Hall–Kier alpha value is -1.36. The van der Waals surface area contributed by atoms with Gasteiger partial charge in [0.1, 0.15) is 0 Å². The molecule has 0 saturated carbocycles. The molecule has 1 atom stereocenters.